The second kappa shape index (κ2) is 10.2. The van der Waals surface area contributed by atoms with Gasteiger partial charge in [0.15, 0.2) is 0 Å². The Morgan fingerprint density at radius 3 is 2.75 bits per heavy atom. The van der Waals surface area contributed by atoms with Crippen LogP contribution in [0.15, 0.2) is 12.5 Å². The molecule has 0 unspecified atom stereocenters. The molecule has 1 aromatic heterocycles. The Morgan fingerprint density at radius 1 is 1.34 bits per heavy atom. The van der Waals surface area contributed by atoms with Gasteiger partial charge in [0.2, 0.25) is 23.6 Å². The number of H-pyrrole nitrogens is 1. The molecule has 1 aromatic rings. The molecule has 3 rings (SSSR count). The Hall–Kier alpha value is -3.44. The highest BCUT2D eigenvalue weighted by Crippen LogP contribution is 2.19. The van der Waals surface area contributed by atoms with Gasteiger partial charge in [-0.05, 0) is 19.3 Å². The van der Waals surface area contributed by atoms with E-state index in [1.165, 1.54) is 17.4 Å². The Bertz CT molecular complexity index is 854. The quantitative estimate of drug-likeness (QED) is 0.379. The Kier molecular flexibility index (Phi) is 7.44. The summed E-state index contributed by atoms with van der Waals surface area (Å²) in [5, 5.41) is 5.18. The van der Waals surface area contributed by atoms with Crippen molar-refractivity contribution in [2.75, 3.05) is 13.1 Å². The van der Waals surface area contributed by atoms with Crippen LogP contribution in [0, 0.1) is 0 Å². The van der Waals surface area contributed by atoms with Crippen molar-refractivity contribution < 1.29 is 24.0 Å². The van der Waals surface area contributed by atoms with Gasteiger partial charge in [0, 0.05) is 31.4 Å². The molecule has 32 heavy (non-hydrogen) atoms. The maximum atomic E-state index is 13.2. The fraction of sp³-hybridized carbons (Fsp3) is 0.600. The van der Waals surface area contributed by atoms with Gasteiger partial charge in [-0.2, -0.15) is 0 Å². The first-order valence-electron chi connectivity index (χ1n) is 10.8. The number of hydrogen-bond acceptors (Lipinski definition) is 6. The van der Waals surface area contributed by atoms with Crippen LogP contribution in [0.3, 0.4) is 0 Å². The first kappa shape index (κ1) is 23.2. The average Bonchev–Trinajstić information content (AvgIpc) is 3.44. The number of nitrogens with zero attached hydrogens (tertiary/aromatic N) is 3. The van der Waals surface area contributed by atoms with Gasteiger partial charge in [0.25, 0.3) is 0 Å². The number of nitrogens with one attached hydrogen (secondary N) is 3. The summed E-state index contributed by atoms with van der Waals surface area (Å²) >= 11 is 0. The number of urea groups is 1. The van der Waals surface area contributed by atoms with E-state index in [9.17, 15) is 24.0 Å². The molecule has 0 saturated carbocycles. The molecule has 2 aliphatic rings. The van der Waals surface area contributed by atoms with E-state index in [1.54, 1.807) is 0 Å². The predicted molar refractivity (Wildman–Crippen MR) is 112 cm³/mol. The molecule has 3 heterocycles. The molecular weight excluding hydrogens is 418 g/mol. The van der Waals surface area contributed by atoms with Crippen molar-refractivity contribution in [3.63, 3.8) is 0 Å². The molecule has 6 amide bonds. The second-order valence-corrected chi connectivity index (χ2v) is 8.04. The van der Waals surface area contributed by atoms with Crippen molar-refractivity contribution >= 4 is 29.7 Å². The standard InChI is InChI=1S/C20H29N7O5/c1-2-3-6-27-16(28)9-13(25-20(27)32)18(30)24-14(8-12-10-22-11-23-12)19(31)26-7-4-5-15(26)17(21)29/h10-11,13-15H,2-9H2,1H3,(H2,21,29)(H,22,23)(H,24,30)(H,25,32)/t13-,14-,15-/m0/s1. The fourth-order valence-corrected chi connectivity index (χ4v) is 3.99. The number of aromatic nitrogens is 2. The van der Waals surface area contributed by atoms with Gasteiger partial charge in [0.05, 0.1) is 12.7 Å². The minimum atomic E-state index is -1.09. The van der Waals surface area contributed by atoms with Crippen LogP contribution in [-0.2, 0) is 25.6 Å². The molecule has 0 aliphatic carbocycles. The summed E-state index contributed by atoms with van der Waals surface area (Å²) in [6.07, 6.45) is 5.47. The molecule has 2 saturated heterocycles. The van der Waals surface area contributed by atoms with E-state index >= 15 is 0 Å². The van der Waals surface area contributed by atoms with Crippen molar-refractivity contribution in [3.05, 3.63) is 18.2 Å². The highest BCUT2D eigenvalue weighted by atomic mass is 16.2. The lowest BCUT2D eigenvalue weighted by molar-refractivity contribution is -0.141. The maximum absolute atomic E-state index is 13.2. The molecule has 2 fully saturated rings. The number of primary amides is 1. The minimum absolute atomic E-state index is 0.101. The highest BCUT2D eigenvalue weighted by Gasteiger charge is 2.40. The maximum Gasteiger partial charge on any atom is 0.324 e. The lowest BCUT2D eigenvalue weighted by Gasteiger charge is -2.32. The fourth-order valence-electron chi connectivity index (χ4n) is 3.99. The normalized spacial score (nSPS) is 21.9. The van der Waals surface area contributed by atoms with Gasteiger partial charge in [-0.3, -0.25) is 24.1 Å². The molecule has 0 bridgehead atoms. The van der Waals surface area contributed by atoms with Crippen molar-refractivity contribution in [1.82, 2.24) is 30.4 Å². The third-order valence-electron chi connectivity index (χ3n) is 5.73. The highest BCUT2D eigenvalue weighted by molar-refractivity contribution is 6.03. The first-order chi connectivity index (χ1) is 15.3. The molecule has 12 nitrogen and oxygen atoms in total. The van der Waals surface area contributed by atoms with Crippen LogP contribution in [0.25, 0.3) is 0 Å². The molecular formula is C20H29N7O5. The van der Waals surface area contributed by atoms with E-state index in [1.807, 2.05) is 6.92 Å². The zero-order chi connectivity index (χ0) is 23.3. The number of hydrogen-bond donors (Lipinski definition) is 4. The van der Waals surface area contributed by atoms with E-state index < -0.39 is 47.8 Å². The van der Waals surface area contributed by atoms with Crippen molar-refractivity contribution in [2.24, 2.45) is 5.73 Å². The SMILES string of the molecule is CCCCN1C(=O)C[C@@H](C(=O)N[C@@H](Cc2cnc[nH]2)C(=O)N2CCC[C@H]2C(N)=O)NC1=O. The minimum Gasteiger partial charge on any atom is -0.368 e. The Balaban J connectivity index is 1.71. The summed E-state index contributed by atoms with van der Waals surface area (Å²) in [7, 11) is 0. The molecule has 0 aromatic carbocycles. The molecule has 174 valence electrons. The predicted octanol–water partition coefficient (Wildman–Crippen LogP) is -0.976. The van der Waals surface area contributed by atoms with E-state index in [0.29, 0.717) is 38.0 Å². The lowest BCUT2D eigenvalue weighted by atomic mass is 10.1. The molecule has 0 radical (unpaired) electrons. The van der Waals surface area contributed by atoms with Crippen LogP contribution >= 0.6 is 0 Å². The molecule has 2 aliphatic heterocycles. The summed E-state index contributed by atoms with van der Waals surface area (Å²) in [5.74, 6) is -2.13. The van der Waals surface area contributed by atoms with Gasteiger partial charge < -0.3 is 26.3 Å². The van der Waals surface area contributed by atoms with Crippen LogP contribution in [0.2, 0.25) is 0 Å². The Labute approximate surface area is 185 Å². The van der Waals surface area contributed by atoms with Gasteiger partial charge in [-0.1, -0.05) is 13.3 Å². The zero-order valence-corrected chi connectivity index (χ0v) is 18.0. The number of carbonyl (C=O) groups excluding carboxylic acids is 5. The van der Waals surface area contributed by atoms with Crippen molar-refractivity contribution in [3.8, 4) is 0 Å². The van der Waals surface area contributed by atoms with E-state index in [-0.39, 0.29) is 12.8 Å². The number of likely N-dealkylation sites (tertiary alicyclic amines) is 1. The van der Waals surface area contributed by atoms with E-state index in [0.717, 1.165) is 11.3 Å². The van der Waals surface area contributed by atoms with Crippen LogP contribution in [0.4, 0.5) is 4.79 Å². The molecule has 5 N–H and O–H groups in total. The zero-order valence-electron chi connectivity index (χ0n) is 18.0. The largest absolute Gasteiger partial charge is 0.368 e. The molecule has 0 spiro atoms. The van der Waals surface area contributed by atoms with Crippen LogP contribution in [0.1, 0.15) is 44.7 Å². The van der Waals surface area contributed by atoms with Crippen LogP contribution in [-0.4, -0.2) is 80.6 Å². The number of nitrogens with two attached hydrogens (primary N) is 1. The summed E-state index contributed by atoms with van der Waals surface area (Å²) in [6.45, 7) is 2.59. The molecule has 12 heteroatoms. The number of rotatable bonds is 9. The summed E-state index contributed by atoms with van der Waals surface area (Å²) < 4.78 is 0. The Morgan fingerprint density at radius 2 is 2.12 bits per heavy atom. The van der Waals surface area contributed by atoms with Crippen LogP contribution < -0.4 is 16.4 Å². The summed E-state index contributed by atoms with van der Waals surface area (Å²) in [5.41, 5.74) is 6.04. The third kappa shape index (κ3) is 5.24. The number of amides is 6. The summed E-state index contributed by atoms with van der Waals surface area (Å²) in [4.78, 5) is 71.8. The van der Waals surface area contributed by atoms with Gasteiger partial charge in [-0.25, -0.2) is 9.78 Å². The van der Waals surface area contributed by atoms with Gasteiger partial charge >= 0.3 is 6.03 Å². The van der Waals surface area contributed by atoms with E-state index in [4.69, 9.17) is 5.73 Å². The number of unbranched alkanes of at least 4 members (excludes halogenated alkanes) is 1. The van der Waals surface area contributed by atoms with Crippen molar-refractivity contribution in [2.45, 2.75) is 63.6 Å². The average molecular weight is 447 g/mol. The van der Waals surface area contributed by atoms with Crippen molar-refractivity contribution in [1.29, 1.82) is 0 Å². The van der Waals surface area contributed by atoms with Crippen LogP contribution in [0.5, 0.6) is 0 Å². The smallest absolute Gasteiger partial charge is 0.324 e. The molecule has 3 atom stereocenters. The van der Waals surface area contributed by atoms with Gasteiger partial charge in [0.1, 0.15) is 18.1 Å². The van der Waals surface area contributed by atoms with E-state index in [2.05, 4.69) is 20.6 Å². The number of imide groups is 1. The number of imidazole rings is 1. The summed E-state index contributed by atoms with van der Waals surface area (Å²) in [6, 6.07) is -3.46. The third-order valence-corrected chi connectivity index (χ3v) is 5.73. The number of aromatic amines is 1. The lowest BCUT2D eigenvalue weighted by Crippen LogP contribution is -2.62. The monoisotopic (exact) mass is 447 g/mol. The number of carbonyl (C=O) groups is 5. The first-order valence-corrected chi connectivity index (χ1v) is 10.8. The second-order valence-electron chi connectivity index (χ2n) is 8.04. The topological polar surface area (TPSA) is 171 Å². The van der Waals surface area contributed by atoms with Gasteiger partial charge in [-0.15, -0.1) is 0 Å².